The van der Waals surface area contributed by atoms with Gasteiger partial charge in [-0.1, -0.05) is 25.1 Å². The van der Waals surface area contributed by atoms with Crippen LogP contribution in [-0.4, -0.2) is 12.6 Å². The van der Waals surface area contributed by atoms with Crippen molar-refractivity contribution in [1.82, 2.24) is 5.32 Å². The molecule has 0 bridgehead atoms. The molecule has 2 aromatic rings. The lowest BCUT2D eigenvalue weighted by atomic mass is 10.0. The van der Waals surface area contributed by atoms with Crippen LogP contribution in [0.15, 0.2) is 42.5 Å². The van der Waals surface area contributed by atoms with Crippen LogP contribution in [0.4, 0.5) is 4.39 Å². The Balaban J connectivity index is 2.23. The quantitative estimate of drug-likeness (QED) is 0.850. The molecule has 0 aliphatic carbocycles. The van der Waals surface area contributed by atoms with Gasteiger partial charge in [-0.15, -0.1) is 0 Å². The summed E-state index contributed by atoms with van der Waals surface area (Å²) in [6.45, 7) is 7.67. The molecule has 3 heteroatoms. The SMILES string of the molecule is CCNCc1ccc(F)c(-c2ccc(OC(C)C)cc2)c1. The molecule has 2 rings (SSSR count). The van der Waals surface area contributed by atoms with Gasteiger partial charge in [0.15, 0.2) is 0 Å². The van der Waals surface area contributed by atoms with Crippen LogP contribution in [0, 0.1) is 5.82 Å². The van der Waals surface area contributed by atoms with Gasteiger partial charge >= 0.3 is 0 Å². The molecule has 0 atom stereocenters. The smallest absolute Gasteiger partial charge is 0.131 e. The minimum absolute atomic E-state index is 0.135. The van der Waals surface area contributed by atoms with Gasteiger partial charge in [0.05, 0.1) is 6.10 Å². The van der Waals surface area contributed by atoms with E-state index >= 15 is 0 Å². The largest absolute Gasteiger partial charge is 0.491 e. The predicted molar refractivity (Wildman–Crippen MR) is 85.0 cm³/mol. The average Bonchev–Trinajstić information content (AvgIpc) is 2.47. The second-order valence-electron chi connectivity index (χ2n) is 5.29. The van der Waals surface area contributed by atoms with E-state index in [1.54, 1.807) is 0 Å². The van der Waals surface area contributed by atoms with Gasteiger partial charge in [-0.2, -0.15) is 0 Å². The summed E-state index contributed by atoms with van der Waals surface area (Å²) in [7, 11) is 0. The number of halogens is 1. The fraction of sp³-hybridized carbons (Fsp3) is 0.333. The Morgan fingerprint density at radius 1 is 1.10 bits per heavy atom. The molecular weight excluding hydrogens is 265 g/mol. The number of benzene rings is 2. The Morgan fingerprint density at radius 3 is 2.43 bits per heavy atom. The van der Waals surface area contributed by atoms with Crippen molar-refractivity contribution < 1.29 is 9.13 Å². The fourth-order valence-corrected chi connectivity index (χ4v) is 2.16. The summed E-state index contributed by atoms with van der Waals surface area (Å²) in [5.74, 6) is 0.603. The van der Waals surface area contributed by atoms with Crippen LogP contribution >= 0.6 is 0 Å². The second-order valence-corrected chi connectivity index (χ2v) is 5.29. The van der Waals surface area contributed by atoms with Crippen LogP contribution < -0.4 is 10.1 Å². The second kappa shape index (κ2) is 7.23. The van der Waals surface area contributed by atoms with Gasteiger partial charge < -0.3 is 10.1 Å². The van der Waals surface area contributed by atoms with E-state index in [1.807, 2.05) is 50.2 Å². The summed E-state index contributed by atoms with van der Waals surface area (Å²) >= 11 is 0. The average molecular weight is 287 g/mol. The molecule has 0 aliphatic heterocycles. The van der Waals surface area contributed by atoms with Crippen LogP contribution in [0.3, 0.4) is 0 Å². The molecule has 0 aliphatic rings. The van der Waals surface area contributed by atoms with E-state index < -0.39 is 0 Å². The first-order chi connectivity index (χ1) is 10.1. The molecule has 0 amide bonds. The fourth-order valence-electron chi connectivity index (χ4n) is 2.16. The van der Waals surface area contributed by atoms with Crippen molar-refractivity contribution in [2.45, 2.75) is 33.4 Å². The van der Waals surface area contributed by atoms with Crippen molar-refractivity contribution >= 4 is 0 Å². The molecule has 0 spiro atoms. The van der Waals surface area contributed by atoms with Gasteiger partial charge in [-0.25, -0.2) is 4.39 Å². The third kappa shape index (κ3) is 4.30. The topological polar surface area (TPSA) is 21.3 Å². The van der Waals surface area contributed by atoms with E-state index in [1.165, 1.54) is 6.07 Å². The van der Waals surface area contributed by atoms with E-state index in [4.69, 9.17) is 4.74 Å². The number of rotatable bonds is 6. The van der Waals surface area contributed by atoms with Crippen LogP contribution in [0.1, 0.15) is 26.3 Å². The van der Waals surface area contributed by atoms with Gasteiger partial charge in [0, 0.05) is 12.1 Å². The summed E-state index contributed by atoms with van der Waals surface area (Å²) in [5, 5.41) is 3.25. The van der Waals surface area contributed by atoms with E-state index in [9.17, 15) is 4.39 Å². The Morgan fingerprint density at radius 2 is 1.81 bits per heavy atom. The molecule has 0 saturated heterocycles. The van der Waals surface area contributed by atoms with Crippen molar-refractivity contribution in [3.05, 3.63) is 53.8 Å². The first-order valence-corrected chi connectivity index (χ1v) is 7.36. The van der Waals surface area contributed by atoms with Gasteiger partial charge in [-0.3, -0.25) is 0 Å². The van der Waals surface area contributed by atoms with E-state index in [0.717, 1.165) is 30.0 Å². The number of hydrogen-bond acceptors (Lipinski definition) is 2. The third-order valence-corrected chi connectivity index (χ3v) is 3.15. The zero-order valence-electron chi connectivity index (χ0n) is 12.8. The maximum absolute atomic E-state index is 14.0. The lowest BCUT2D eigenvalue weighted by Crippen LogP contribution is -2.11. The van der Waals surface area contributed by atoms with Crippen molar-refractivity contribution in [3.8, 4) is 16.9 Å². The maximum Gasteiger partial charge on any atom is 0.131 e. The maximum atomic E-state index is 14.0. The Hall–Kier alpha value is -1.87. The lowest BCUT2D eigenvalue weighted by molar-refractivity contribution is 0.242. The number of ether oxygens (including phenoxy) is 1. The molecule has 112 valence electrons. The first-order valence-electron chi connectivity index (χ1n) is 7.36. The van der Waals surface area contributed by atoms with Crippen molar-refractivity contribution in [1.29, 1.82) is 0 Å². The van der Waals surface area contributed by atoms with Crippen LogP contribution in [0.2, 0.25) is 0 Å². The summed E-state index contributed by atoms with van der Waals surface area (Å²) in [6.07, 6.45) is 0.135. The van der Waals surface area contributed by atoms with Gasteiger partial charge in [0.25, 0.3) is 0 Å². The molecular formula is C18H22FNO. The minimum atomic E-state index is -0.201. The lowest BCUT2D eigenvalue weighted by Gasteiger charge is -2.11. The molecule has 21 heavy (non-hydrogen) atoms. The monoisotopic (exact) mass is 287 g/mol. The molecule has 0 unspecified atom stereocenters. The molecule has 0 saturated carbocycles. The summed E-state index contributed by atoms with van der Waals surface area (Å²) in [4.78, 5) is 0. The van der Waals surface area contributed by atoms with Gasteiger partial charge in [0.1, 0.15) is 11.6 Å². The molecule has 0 aromatic heterocycles. The third-order valence-electron chi connectivity index (χ3n) is 3.15. The van der Waals surface area contributed by atoms with Crippen molar-refractivity contribution in [3.63, 3.8) is 0 Å². The highest BCUT2D eigenvalue weighted by Gasteiger charge is 2.07. The van der Waals surface area contributed by atoms with Gasteiger partial charge in [-0.05, 0) is 55.8 Å². The number of hydrogen-bond donors (Lipinski definition) is 1. The van der Waals surface area contributed by atoms with Crippen LogP contribution in [0.5, 0.6) is 5.75 Å². The van der Waals surface area contributed by atoms with Crippen molar-refractivity contribution in [2.75, 3.05) is 6.54 Å². The number of nitrogens with one attached hydrogen (secondary N) is 1. The summed E-state index contributed by atoms with van der Waals surface area (Å²) in [5.41, 5.74) is 2.57. The normalized spacial score (nSPS) is 10.9. The summed E-state index contributed by atoms with van der Waals surface area (Å²) in [6, 6.07) is 12.8. The molecule has 2 aromatic carbocycles. The Bertz CT molecular complexity index is 578. The highest BCUT2D eigenvalue weighted by molar-refractivity contribution is 5.65. The standard InChI is InChI=1S/C18H22FNO/c1-4-20-12-14-5-10-18(19)17(11-14)15-6-8-16(9-7-15)21-13(2)3/h5-11,13,20H,4,12H2,1-3H3. The van der Waals surface area contributed by atoms with Crippen LogP contribution in [-0.2, 0) is 6.54 Å². The molecule has 1 N–H and O–H groups in total. The molecule has 0 heterocycles. The minimum Gasteiger partial charge on any atom is -0.491 e. The Labute approximate surface area is 126 Å². The highest BCUT2D eigenvalue weighted by atomic mass is 19.1. The van der Waals surface area contributed by atoms with E-state index in [-0.39, 0.29) is 11.9 Å². The van der Waals surface area contributed by atoms with E-state index in [0.29, 0.717) is 5.56 Å². The highest BCUT2D eigenvalue weighted by Crippen LogP contribution is 2.26. The zero-order chi connectivity index (χ0) is 15.2. The zero-order valence-corrected chi connectivity index (χ0v) is 12.8. The van der Waals surface area contributed by atoms with Crippen molar-refractivity contribution in [2.24, 2.45) is 0 Å². The molecule has 0 fully saturated rings. The van der Waals surface area contributed by atoms with E-state index in [2.05, 4.69) is 12.2 Å². The summed E-state index contributed by atoms with van der Waals surface area (Å²) < 4.78 is 19.6. The first kappa shape index (κ1) is 15.5. The molecule has 2 nitrogen and oxygen atoms in total. The molecule has 0 radical (unpaired) electrons. The Kier molecular flexibility index (Phi) is 5.34. The van der Waals surface area contributed by atoms with Crippen LogP contribution in [0.25, 0.3) is 11.1 Å². The predicted octanol–water partition coefficient (Wildman–Crippen LogP) is 4.39. The van der Waals surface area contributed by atoms with Gasteiger partial charge in [0.2, 0.25) is 0 Å².